The van der Waals surface area contributed by atoms with Gasteiger partial charge in [-0.1, -0.05) is 133 Å². The van der Waals surface area contributed by atoms with Crippen molar-refractivity contribution in [3.05, 3.63) is 188 Å². The fourth-order valence-electron chi connectivity index (χ4n) is 9.36. The lowest BCUT2D eigenvalue weighted by atomic mass is 9.99. The van der Waals surface area contributed by atoms with Crippen LogP contribution in [-0.4, -0.2) is 14.0 Å². The Morgan fingerprint density at radius 3 is 1.89 bits per heavy atom. The summed E-state index contributed by atoms with van der Waals surface area (Å²) in [5, 5.41) is 12.4. The number of imidazole rings is 1. The number of thiophene rings is 1. The summed E-state index contributed by atoms with van der Waals surface area (Å²) >= 11 is 1.86. The van der Waals surface area contributed by atoms with E-state index in [1.54, 1.807) is 0 Å². The number of aromatic nitrogens is 3. The van der Waals surface area contributed by atoms with Crippen molar-refractivity contribution in [3.63, 3.8) is 0 Å². The minimum absolute atomic E-state index is 1.01. The highest BCUT2D eigenvalue weighted by molar-refractivity contribution is 7.27. The quantitative estimate of drug-likeness (QED) is 0.165. The van der Waals surface area contributed by atoms with Crippen LogP contribution in [0.5, 0.6) is 0 Å². The molecule has 0 bridgehead atoms. The lowest BCUT2D eigenvalue weighted by molar-refractivity contribution is 1.18. The van der Waals surface area contributed by atoms with Crippen LogP contribution in [0.2, 0.25) is 0 Å². The van der Waals surface area contributed by atoms with Gasteiger partial charge in [-0.25, -0.2) is 4.98 Å². The summed E-state index contributed by atoms with van der Waals surface area (Å²) in [6.07, 6.45) is 0. The molecule has 0 saturated heterocycles. The largest absolute Gasteiger partial charge is 0.309 e. The molecule has 0 unspecified atom stereocenters. The number of hydrogen-bond donors (Lipinski definition) is 0. The number of rotatable bonds is 3. The molecule has 0 N–H and O–H groups in total. The smallest absolute Gasteiger partial charge is 0.156 e. The second kappa shape index (κ2) is 11.6. The van der Waals surface area contributed by atoms with Crippen molar-refractivity contribution in [2.75, 3.05) is 0 Å². The number of nitrogens with zero attached hydrogens (tertiary/aromatic N) is 3. The highest BCUT2D eigenvalue weighted by Crippen LogP contribution is 2.44. The third-order valence-corrected chi connectivity index (χ3v) is 13.3. The molecular formula is C53H31N3S. The number of fused-ring (bicyclic) bond motifs is 15. The molecule has 0 fully saturated rings. The van der Waals surface area contributed by atoms with Gasteiger partial charge in [0.15, 0.2) is 5.65 Å². The molecule has 13 rings (SSSR count). The monoisotopic (exact) mass is 741 g/mol. The number of benzene rings is 9. The molecule has 9 aromatic carbocycles. The molecule has 0 radical (unpaired) electrons. The third kappa shape index (κ3) is 4.44. The van der Waals surface area contributed by atoms with Gasteiger partial charge < -0.3 is 4.57 Å². The highest BCUT2D eigenvalue weighted by Gasteiger charge is 2.20. The zero-order chi connectivity index (χ0) is 37.2. The molecule has 4 aromatic heterocycles. The number of para-hydroxylation sites is 2. The van der Waals surface area contributed by atoms with E-state index in [-0.39, 0.29) is 0 Å². The van der Waals surface area contributed by atoms with Gasteiger partial charge in [-0.2, -0.15) is 0 Å². The summed E-state index contributed by atoms with van der Waals surface area (Å²) in [5.74, 6) is 0. The summed E-state index contributed by atoms with van der Waals surface area (Å²) in [5.41, 5.74) is 11.5. The standard InChI is InChI=1S/C53H31N3S/c1-2-13-39(14-3-1)55-46-17-9-8-16-41(46)44-30-37(23-26-47(44)55)32-18-20-34(21-19-32)49-31-45-42-25-22-33-10-6-7-15-40(33)51(42)57-52(45)53-54-50-43-29-36-12-5-4-11-35(36)28-38(43)24-27-48(50)56(49)53/h1-31H. The lowest BCUT2D eigenvalue weighted by Crippen LogP contribution is -1.93. The Morgan fingerprint density at radius 2 is 1.04 bits per heavy atom. The zero-order valence-electron chi connectivity index (χ0n) is 30.6. The average Bonchev–Trinajstić information content (AvgIpc) is 3.96. The minimum Gasteiger partial charge on any atom is -0.309 e. The van der Waals surface area contributed by atoms with Gasteiger partial charge in [0, 0.05) is 37.3 Å². The Kier molecular flexibility index (Phi) is 6.32. The molecule has 0 aliphatic carbocycles. The normalized spacial score (nSPS) is 12.2. The van der Waals surface area contributed by atoms with Gasteiger partial charge in [0.2, 0.25) is 0 Å². The van der Waals surface area contributed by atoms with E-state index in [0.717, 1.165) is 27.9 Å². The molecule has 264 valence electrons. The first-order valence-electron chi connectivity index (χ1n) is 19.5. The van der Waals surface area contributed by atoms with Crippen LogP contribution in [-0.2, 0) is 0 Å². The maximum absolute atomic E-state index is 5.55. The van der Waals surface area contributed by atoms with Gasteiger partial charge in [0.25, 0.3) is 0 Å². The summed E-state index contributed by atoms with van der Waals surface area (Å²) in [6, 6.07) is 68.9. The zero-order valence-corrected chi connectivity index (χ0v) is 31.5. The van der Waals surface area contributed by atoms with E-state index in [1.807, 2.05) is 11.3 Å². The van der Waals surface area contributed by atoms with Crippen LogP contribution in [0.25, 0.3) is 119 Å². The third-order valence-electron chi connectivity index (χ3n) is 12.1. The SMILES string of the molecule is c1ccc(-n2c3ccccc3c3cc(-c4ccc(-c5cc6c7ccc8ccccc8c7sc6c6nc7c8cc9ccccc9cc8ccc7n56)cc4)ccc32)cc1. The Labute approximate surface area is 330 Å². The van der Waals surface area contributed by atoms with Crippen LogP contribution in [0.4, 0.5) is 0 Å². The molecule has 0 aliphatic rings. The fraction of sp³-hybridized carbons (Fsp3) is 0. The molecule has 57 heavy (non-hydrogen) atoms. The Hall–Kier alpha value is -7.27. The van der Waals surface area contributed by atoms with Crippen molar-refractivity contribution in [2.24, 2.45) is 0 Å². The topological polar surface area (TPSA) is 22.2 Å². The summed E-state index contributed by atoms with van der Waals surface area (Å²) in [6.45, 7) is 0. The van der Waals surface area contributed by atoms with Crippen LogP contribution in [0, 0.1) is 0 Å². The summed E-state index contributed by atoms with van der Waals surface area (Å²) < 4.78 is 7.31. The fourth-order valence-corrected chi connectivity index (χ4v) is 10.7. The average molecular weight is 742 g/mol. The predicted molar refractivity (Wildman–Crippen MR) is 243 cm³/mol. The van der Waals surface area contributed by atoms with Gasteiger partial charge in [-0.15, -0.1) is 11.3 Å². The first-order valence-corrected chi connectivity index (χ1v) is 20.3. The van der Waals surface area contributed by atoms with Crippen molar-refractivity contribution in [3.8, 4) is 28.1 Å². The van der Waals surface area contributed by atoms with Gasteiger partial charge in [0.1, 0.15) is 0 Å². The van der Waals surface area contributed by atoms with E-state index in [0.29, 0.717) is 0 Å². The van der Waals surface area contributed by atoms with Crippen LogP contribution >= 0.6 is 11.3 Å². The number of pyridine rings is 1. The predicted octanol–water partition coefficient (Wildman–Crippen LogP) is 14.7. The molecular weight excluding hydrogens is 711 g/mol. The molecule has 0 saturated carbocycles. The van der Waals surface area contributed by atoms with E-state index < -0.39 is 0 Å². The van der Waals surface area contributed by atoms with Crippen LogP contribution in [0.1, 0.15) is 0 Å². The van der Waals surface area contributed by atoms with Crippen LogP contribution in [0.3, 0.4) is 0 Å². The second-order valence-electron chi connectivity index (χ2n) is 15.2. The van der Waals surface area contributed by atoms with E-state index in [4.69, 9.17) is 4.98 Å². The Balaban J connectivity index is 1.03. The van der Waals surface area contributed by atoms with E-state index in [9.17, 15) is 0 Å². The molecule has 13 aromatic rings. The molecule has 4 heterocycles. The molecule has 4 heteroatoms. The van der Waals surface area contributed by atoms with Gasteiger partial charge >= 0.3 is 0 Å². The number of hydrogen-bond acceptors (Lipinski definition) is 2. The van der Waals surface area contributed by atoms with Gasteiger partial charge in [-0.3, -0.25) is 4.40 Å². The molecule has 0 atom stereocenters. The summed E-state index contributed by atoms with van der Waals surface area (Å²) in [7, 11) is 0. The van der Waals surface area contributed by atoms with Crippen LogP contribution in [0.15, 0.2) is 188 Å². The van der Waals surface area contributed by atoms with Crippen LogP contribution < -0.4 is 0 Å². The minimum atomic E-state index is 1.01. The van der Waals surface area contributed by atoms with Crippen molar-refractivity contribution in [1.29, 1.82) is 0 Å². The summed E-state index contributed by atoms with van der Waals surface area (Å²) in [4.78, 5) is 5.55. The van der Waals surface area contributed by atoms with Crippen molar-refractivity contribution >= 4 is 102 Å². The van der Waals surface area contributed by atoms with E-state index in [2.05, 4.69) is 197 Å². The Bertz CT molecular complexity index is 3790. The first-order chi connectivity index (χ1) is 28.2. The maximum atomic E-state index is 5.55. The van der Waals surface area contributed by atoms with Crippen molar-refractivity contribution < 1.29 is 0 Å². The van der Waals surface area contributed by atoms with E-state index in [1.165, 1.54) is 91.1 Å². The first kappa shape index (κ1) is 31.0. The van der Waals surface area contributed by atoms with Crippen molar-refractivity contribution in [1.82, 2.24) is 14.0 Å². The Morgan fingerprint density at radius 1 is 0.368 bits per heavy atom. The molecule has 3 nitrogen and oxygen atoms in total. The lowest BCUT2D eigenvalue weighted by Gasteiger charge is -2.11. The van der Waals surface area contributed by atoms with E-state index >= 15 is 0 Å². The highest BCUT2D eigenvalue weighted by atomic mass is 32.1. The van der Waals surface area contributed by atoms with Crippen molar-refractivity contribution in [2.45, 2.75) is 0 Å². The second-order valence-corrected chi connectivity index (χ2v) is 16.2. The molecule has 0 amide bonds. The molecule has 0 spiro atoms. The maximum Gasteiger partial charge on any atom is 0.156 e. The van der Waals surface area contributed by atoms with Gasteiger partial charge in [-0.05, 0) is 98.2 Å². The van der Waals surface area contributed by atoms with Gasteiger partial charge in [0.05, 0.1) is 32.5 Å². The molecule has 0 aliphatic heterocycles.